The van der Waals surface area contributed by atoms with Crippen molar-refractivity contribution in [1.29, 1.82) is 0 Å². The minimum Gasteiger partial charge on any atom is -0.462 e. The van der Waals surface area contributed by atoms with Gasteiger partial charge in [-0.25, -0.2) is 0 Å². The molecule has 6 nitrogen and oxygen atoms in total. The van der Waals surface area contributed by atoms with Crippen molar-refractivity contribution < 1.29 is 28.6 Å². The second-order valence-electron chi connectivity index (χ2n) is 18.2. The highest BCUT2D eigenvalue weighted by Gasteiger charge is 2.19. The van der Waals surface area contributed by atoms with Crippen molar-refractivity contribution in [2.75, 3.05) is 13.2 Å². The van der Waals surface area contributed by atoms with Crippen LogP contribution in [0.4, 0.5) is 0 Å². The predicted octanol–water partition coefficient (Wildman–Crippen LogP) is 18.5. The first-order valence-corrected chi connectivity index (χ1v) is 27.8. The Labute approximate surface area is 413 Å². The van der Waals surface area contributed by atoms with Crippen LogP contribution in [0.15, 0.2) is 97.2 Å². The minimum atomic E-state index is -0.813. The van der Waals surface area contributed by atoms with Crippen molar-refractivity contribution in [3.05, 3.63) is 97.2 Å². The summed E-state index contributed by atoms with van der Waals surface area (Å²) in [5.74, 6) is -0.994. The molecule has 0 saturated heterocycles. The van der Waals surface area contributed by atoms with Gasteiger partial charge in [-0.05, 0) is 89.9 Å². The highest BCUT2D eigenvalue weighted by Crippen LogP contribution is 2.14. The van der Waals surface area contributed by atoms with E-state index < -0.39 is 6.10 Å². The molecule has 0 saturated carbocycles. The second kappa shape index (κ2) is 54.9. The zero-order valence-electron chi connectivity index (χ0n) is 43.6. The predicted molar refractivity (Wildman–Crippen MR) is 288 cm³/mol. The van der Waals surface area contributed by atoms with Gasteiger partial charge in [0.25, 0.3) is 0 Å². The summed E-state index contributed by atoms with van der Waals surface area (Å²) >= 11 is 0. The van der Waals surface area contributed by atoms with E-state index in [0.717, 1.165) is 64.2 Å². The molecule has 0 aliphatic carbocycles. The standard InChI is InChI=1S/C61H102O6/c1-4-7-10-13-16-19-22-25-27-29-30-32-33-36-39-42-45-48-51-54-60(63)66-57-58(56-65-59(62)53-50-47-44-41-38-35-24-21-18-15-12-9-6-3)67-61(64)55-52-49-46-43-40-37-34-31-28-26-23-20-17-14-11-8-5-2/h9,12,15,17-18,20-21,24,26,28-30,35,38,41,44,58H,4-8,10-11,13-14,16,19,22-23,25,27,31-34,36-37,39-40,42-43,45-57H2,1-3H3/b12-9-,18-15-,20-17-,24-21-,28-26-,30-29-,38-35-,44-41-. The molecular formula is C61H102O6. The molecule has 382 valence electrons. The molecule has 0 N–H and O–H groups in total. The Balaban J connectivity index is 4.46. The molecule has 0 aromatic carbocycles. The molecule has 0 aliphatic heterocycles. The Morgan fingerprint density at radius 1 is 0.328 bits per heavy atom. The molecule has 0 aromatic rings. The topological polar surface area (TPSA) is 78.9 Å². The van der Waals surface area contributed by atoms with Crippen LogP contribution in [0.25, 0.3) is 0 Å². The van der Waals surface area contributed by atoms with E-state index in [9.17, 15) is 14.4 Å². The highest BCUT2D eigenvalue weighted by molar-refractivity contribution is 5.71. The first-order chi connectivity index (χ1) is 33.0. The Kier molecular flexibility index (Phi) is 51.9. The lowest BCUT2D eigenvalue weighted by atomic mass is 10.1. The molecule has 6 heteroatoms. The van der Waals surface area contributed by atoms with Crippen molar-refractivity contribution >= 4 is 17.9 Å². The summed E-state index contributed by atoms with van der Waals surface area (Å²) in [6, 6.07) is 0. The van der Waals surface area contributed by atoms with Crippen molar-refractivity contribution in [1.82, 2.24) is 0 Å². The summed E-state index contributed by atoms with van der Waals surface area (Å²) in [6.45, 7) is 6.40. The fourth-order valence-corrected chi connectivity index (χ4v) is 7.50. The summed E-state index contributed by atoms with van der Waals surface area (Å²) in [5.41, 5.74) is 0. The van der Waals surface area contributed by atoms with Crippen LogP contribution in [-0.4, -0.2) is 37.2 Å². The van der Waals surface area contributed by atoms with E-state index in [1.807, 2.05) is 54.7 Å². The minimum absolute atomic E-state index is 0.106. The number of unbranched alkanes of at least 4 members (excludes halogenated alkanes) is 26. The second-order valence-corrected chi connectivity index (χ2v) is 18.2. The number of carbonyl (C=O) groups excluding carboxylic acids is 3. The van der Waals surface area contributed by atoms with Crippen LogP contribution in [0.5, 0.6) is 0 Å². The van der Waals surface area contributed by atoms with Gasteiger partial charge in [-0.1, -0.05) is 240 Å². The SMILES string of the molecule is CC\C=C/C=C\C=C/C=C\C=C/CCCC(=O)OCC(COC(=O)CCCCCCCCC/C=C\CCCCCCCCCC)OC(=O)CCCCCCCCC/C=C\C/C=C\CCCCC. The van der Waals surface area contributed by atoms with E-state index in [2.05, 4.69) is 63.3 Å². The molecular weight excluding hydrogens is 829 g/mol. The molecule has 0 rings (SSSR count). The zero-order valence-corrected chi connectivity index (χ0v) is 43.6. The molecule has 0 amide bonds. The quantitative estimate of drug-likeness (QED) is 0.0199. The van der Waals surface area contributed by atoms with Gasteiger partial charge < -0.3 is 14.2 Å². The maximum Gasteiger partial charge on any atom is 0.306 e. The molecule has 1 unspecified atom stereocenters. The highest BCUT2D eigenvalue weighted by atomic mass is 16.6. The summed E-state index contributed by atoms with van der Waals surface area (Å²) in [5, 5.41) is 0. The number of rotatable bonds is 49. The fourth-order valence-electron chi connectivity index (χ4n) is 7.50. The molecule has 0 bridgehead atoms. The lowest BCUT2D eigenvalue weighted by molar-refractivity contribution is -0.167. The molecule has 0 aromatic heterocycles. The molecule has 0 aliphatic rings. The van der Waals surface area contributed by atoms with Gasteiger partial charge in [0.05, 0.1) is 0 Å². The Hall–Kier alpha value is -3.67. The van der Waals surface area contributed by atoms with E-state index in [-0.39, 0.29) is 37.5 Å². The van der Waals surface area contributed by atoms with Crippen molar-refractivity contribution in [2.24, 2.45) is 0 Å². The number of esters is 3. The molecule has 0 heterocycles. The van der Waals surface area contributed by atoms with Crippen molar-refractivity contribution in [3.63, 3.8) is 0 Å². The smallest absolute Gasteiger partial charge is 0.306 e. The molecule has 0 spiro atoms. The van der Waals surface area contributed by atoms with E-state index >= 15 is 0 Å². The van der Waals surface area contributed by atoms with Gasteiger partial charge in [0.15, 0.2) is 6.10 Å². The van der Waals surface area contributed by atoms with Gasteiger partial charge in [-0.2, -0.15) is 0 Å². The average Bonchev–Trinajstić information content (AvgIpc) is 3.33. The summed E-state index contributed by atoms with van der Waals surface area (Å²) in [6.07, 6.45) is 72.6. The number of carbonyl (C=O) groups is 3. The summed E-state index contributed by atoms with van der Waals surface area (Å²) in [4.78, 5) is 38.1. The van der Waals surface area contributed by atoms with Gasteiger partial charge in [0, 0.05) is 19.3 Å². The lowest BCUT2D eigenvalue weighted by Crippen LogP contribution is -2.30. The molecule has 0 radical (unpaired) electrons. The normalized spacial score (nSPS) is 12.8. The van der Waals surface area contributed by atoms with Crippen LogP contribution in [-0.2, 0) is 28.6 Å². The van der Waals surface area contributed by atoms with Crippen LogP contribution in [0.3, 0.4) is 0 Å². The van der Waals surface area contributed by atoms with Gasteiger partial charge in [-0.15, -0.1) is 0 Å². The van der Waals surface area contributed by atoms with Gasteiger partial charge >= 0.3 is 17.9 Å². The lowest BCUT2D eigenvalue weighted by Gasteiger charge is -2.18. The van der Waals surface area contributed by atoms with Gasteiger partial charge in [0.1, 0.15) is 13.2 Å². The van der Waals surface area contributed by atoms with Gasteiger partial charge in [-0.3, -0.25) is 14.4 Å². The van der Waals surface area contributed by atoms with E-state index in [1.165, 1.54) is 141 Å². The van der Waals surface area contributed by atoms with Crippen molar-refractivity contribution in [3.8, 4) is 0 Å². The van der Waals surface area contributed by atoms with Crippen LogP contribution < -0.4 is 0 Å². The monoisotopic (exact) mass is 931 g/mol. The Morgan fingerprint density at radius 2 is 0.657 bits per heavy atom. The largest absolute Gasteiger partial charge is 0.462 e. The summed E-state index contributed by atoms with van der Waals surface area (Å²) in [7, 11) is 0. The first-order valence-electron chi connectivity index (χ1n) is 27.8. The number of ether oxygens (including phenoxy) is 3. The maximum atomic E-state index is 12.8. The third-order valence-electron chi connectivity index (χ3n) is 11.7. The Morgan fingerprint density at radius 3 is 1.12 bits per heavy atom. The molecule has 0 fully saturated rings. The van der Waals surface area contributed by atoms with Crippen LogP contribution in [0.1, 0.15) is 252 Å². The van der Waals surface area contributed by atoms with Gasteiger partial charge in [0.2, 0.25) is 0 Å². The number of hydrogen-bond donors (Lipinski definition) is 0. The van der Waals surface area contributed by atoms with Crippen LogP contribution in [0, 0.1) is 0 Å². The average molecular weight is 931 g/mol. The fraction of sp³-hybridized carbons (Fsp3) is 0.689. The van der Waals surface area contributed by atoms with E-state index in [1.54, 1.807) is 0 Å². The third kappa shape index (κ3) is 53.2. The molecule has 67 heavy (non-hydrogen) atoms. The summed E-state index contributed by atoms with van der Waals surface area (Å²) < 4.78 is 16.8. The Bertz CT molecular complexity index is 1350. The third-order valence-corrected chi connectivity index (χ3v) is 11.7. The molecule has 1 atom stereocenters. The van der Waals surface area contributed by atoms with E-state index in [0.29, 0.717) is 19.3 Å². The van der Waals surface area contributed by atoms with Crippen LogP contribution >= 0.6 is 0 Å². The van der Waals surface area contributed by atoms with Crippen molar-refractivity contribution in [2.45, 2.75) is 258 Å². The van der Waals surface area contributed by atoms with Crippen LogP contribution in [0.2, 0.25) is 0 Å². The maximum absolute atomic E-state index is 12.8. The number of hydrogen-bond acceptors (Lipinski definition) is 6. The first kappa shape index (κ1) is 63.3. The number of allylic oxidation sites excluding steroid dienone is 16. The zero-order chi connectivity index (χ0) is 48.6. The van der Waals surface area contributed by atoms with E-state index in [4.69, 9.17) is 14.2 Å².